The van der Waals surface area contributed by atoms with E-state index in [-0.39, 0.29) is 0 Å². The predicted octanol–water partition coefficient (Wildman–Crippen LogP) is 4.22. The number of nitrogens with one attached hydrogen (secondary N) is 1. The number of anilines is 3. The molecule has 0 bridgehead atoms. The second kappa shape index (κ2) is 6.12. The number of ether oxygens (including phenoxy) is 1. The molecule has 0 aliphatic carbocycles. The lowest BCUT2D eigenvalue weighted by Gasteiger charge is -2.11. The van der Waals surface area contributed by atoms with Crippen LogP contribution >= 0.6 is 27.5 Å². The number of hydrogen-bond donors (Lipinski definition) is 2. The summed E-state index contributed by atoms with van der Waals surface area (Å²) in [5.74, 6) is 1.04. The van der Waals surface area contributed by atoms with Gasteiger partial charge >= 0.3 is 0 Å². The Bertz CT molecular complexity index is 592. The second-order valence-corrected chi connectivity index (χ2v) is 5.10. The summed E-state index contributed by atoms with van der Waals surface area (Å²) in [5.41, 5.74) is 7.05. The Morgan fingerprint density at radius 2 is 2.16 bits per heavy atom. The van der Waals surface area contributed by atoms with Crippen molar-refractivity contribution in [3.05, 3.63) is 39.8 Å². The molecule has 6 heteroatoms. The van der Waals surface area contributed by atoms with Crippen molar-refractivity contribution in [3.63, 3.8) is 0 Å². The summed E-state index contributed by atoms with van der Waals surface area (Å²) in [5, 5.41) is 3.73. The maximum atomic E-state index is 6.14. The van der Waals surface area contributed by atoms with Crippen molar-refractivity contribution in [3.8, 4) is 5.88 Å². The molecule has 2 rings (SSSR count). The van der Waals surface area contributed by atoms with Crippen LogP contribution in [0.2, 0.25) is 5.02 Å². The van der Waals surface area contributed by atoms with E-state index in [0.717, 1.165) is 10.2 Å². The predicted molar refractivity (Wildman–Crippen MR) is 82.3 cm³/mol. The average Bonchev–Trinajstić information content (AvgIpc) is 2.37. The molecule has 0 amide bonds. The monoisotopic (exact) mass is 341 g/mol. The van der Waals surface area contributed by atoms with Crippen LogP contribution in [0.25, 0.3) is 0 Å². The van der Waals surface area contributed by atoms with Crippen molar-refractivity contribution in [1.29, 1.82) is 0 Å². The number of nitrogens with zero attached hydrogens (tertiary/aromatic N) is 1. The molecule has 0 spiro atoms. The standard InChI is InChI=1S/C13H13BrClN3O/c1-2-19-13-10(16)4-6-12(18-13)17-11-5-3-8(14)7-9(11)15/h3-7H,2,16H2,1H3,(H,17,18). The van der Waals surface area contributed by atoms with E-state index in [1.54, 1.807) is 12.1 Å². The van der Waals surface area contributed by atoms with Gasteiger partial charge in [-0.25, -0.2) is 0 Å². The largest absolute Gasteiger partial charge is 0.476 e. The van der Waals surface area contributed by atoms with Crippen molar-refractivity contribution in [2.45, 2.75) is 6.92 Å². The molecule has 1 aromatic heterocycles. The van der Waals surface area contributed by atoms with Crippen molar-refractivity contribution in [2.75, 3.05) is 17.7 Å². The first-order chi connectivity index (χ1) is 9.10. The number of nitrogens with two attached hydrogens (primary N) is 1. The third-order valence-electron chi connectivity index (χ3n) is 2.36. The maximum absolute atomic E-state index is 6.14. The van der Waals surface area contributed by atoms with Crippen LogP contribution in [0.1, 0.15) is 6.92 Å². The number of pyridine rings is 1. The molecule has 0 radical (unpaired) electrons. The minimum atomic E-state index is 0.417. The van der Waals surface area contributed by atoms with Gasteiger partial charge in [-0.2, -0.15) is 4.98 Å². The van der Waals surface area contributed by atoms with Gasteiger partial charge in [-0.3, -0.25) is 0 Å². The molecule has 0 aliphatic rings. The average molecular weight is 343 g/mol. The number of rotatable bonds is 4. The summed E-state index contributed by atoms with van der Waals surface area (Å²) >= 11 is 9.49. The van der Waals surface area contributed by atoms with E-state index in [1.165, 1.54) is 0 Å². The topological polar surface area (TPSA) is 60.2 Å². The highest BCUT2D eigenvalue weighted by molar-refractivity contribution is 9.10. The van der Waals surface area contributed by atoms with Gasteiger partial charge in [0.1, 0.15) is 5.82 Å². The van der Waals surface area contributed by atoms with Gasteiger partial charge in [-0.05, 0) is 37.3 Å². The van der Waals surface area contributed by atoms with Crippen molar-refractivity contribution < 1.29 is 4.74 Å². The minimum Gasteiger partial charge on any atom is -0.476 e. The lowest BCUT2D eigenvalue weighted by molar-refractivity contribution is 0.329. The molecule has 0 atom stereocenters. The van der Waals surface area contributed by atoms with Crippen molar-refractivity contribution in [2.24, 2.45) is 0 Å². The van der Waals surface area contributed by atoms with E-state index < -0.39 is 0 Å². The molecule has 0 saturated carbocycles. The zero-order valence-electron chi connectivity index (χ0n) is 10.3. The van der Waals surface area contributed by atoms with Crippen LogP contribution in [0, 0.1) is 0 Å². The zero-order chi connectivity index (χ0) is 13.8. The van der Waals surface area contributed by atoms with Crippen LogP contribution in [0.4, 0.5) is 17.2 Å². The van der Waals surface area contributed by atoms with E-state index in [9.17, 15) is 0 Å². The second-order valence-electron chi connectivity index (χ2n) is 3.77. The molecular formula is C13H13BrClN3O. The Balaban J connectivity index is 2.25. The van der Waals surface area contributed by atoms with Crippen LogP contribution in [-0.4, -0.2) is 11.6 Å². The maximum Gasteiger partial charge on any atom is 0.239 e. The van der Waals surface area contributed by atoms with Gasteiger partial charge in [0.15, 0.2) is 0 Å². The molecule has 19 heavy (non-hydrogen) atoms. The van der Waals surface area contributed by atoms with Gasteiger partial charge < -0.3 is 15.8 Å². The van der Waals surface area contributed by atoms with Gasteiger partial charge in [0.2, 0.25) is 5.88 Å². The third kappa shape index (κ3) is 3.52. The Morgan fingerprint density at radius 1 is 1.37 bits per heavy atom. The van der Waals surface area contributed by atoms with E-state index >= 15 is 0 Å². The summed E-state index contributed by atoms with van der Waals surface area (Å²) in [6, 6.07) is 9.09. The van der Waals surface area contributed by atoms with Gasteiger partial charge in [0.05, 0.1) is 23.0 Å². The van der Waals surface area contributed by atoms with Crippen LogP contribution < -0.4 is 15.8 Å². The molecule has 0 aliphatic heterocycles. The van der Waals surface area contributed by atoms with Crippen LogP contribution in [-0.2, 0) is 0 Å². The number of halogens is 2. The van der Waals surface area contributed by atoms with E-state index in [0.29, 0.717) is 29.0 Å². The molecule has 4 nitrogen and oxygen atoms in total. The molecule has 0 unspecified atom stereocenters. The fourth-order valence-electron chi connectivity index (χ4n) is 1.50. The fourth-order valence-corrected chi connectivity index (χ4v) is 2.22. The highest BCUT2D eigenvalue weighted by atomic mass is 79.9. The highest BCUT2D eigenvalue weighted by Gasteiger charge is 2.06. The Kier molecular flexibility index (Phi) is 4.50. The van der Waals surface area contributed by atoms with Gasteiger partial charge in [-0.1, -0.05) is 27.5 Å². The normalized spacial score (nSPS) is 10.3. The van der Waals surface area contributed by atoms with Gasteiger partial charge in [0, 0.05) is 4.47 Å². The molecule has 1 heterocycles. The number of aromatic nitrogens is 1. The van der Waals surface area contributed by atoms with E-state index in [1.807, 2.05) is 25.1 Å². The molecule has 100 valence electrons. The van der Waals surface area contributed by atoms with Crippen LogP contribution in [0.5, 0.6) is 5.88 Å². The summed E-state index contributed by atoms with van der Waals surface area (Å²) < 4.78 is 6.27. The lowest BCUT2D eigenvalue weighted by Crippen LogP contribution is -2.02. The molecule has 2 aromatic rings. The van der Waals surface area contributed by atoms with Crippen LogP contribution in [0.15, 0.2) is 34.8 Å². The minimum absolute atomic E-state index is 0.417. The summed E-state index contributed by atoms with van der Waals surface area (Å²) in [6.07, 6.45) is 0. The molecule has 0 saturated heterocycles. The summed E-state index contributed by atoms with van der Waals surface area (Å²) in [4.78, 5) is 4.29. The quantitative estimate of drug-likeness (QED) is 0.873. The first-order valence-electron chi connectivity index (χ1n) is 5.71. The first-order valence-corrected chi connectivity index (χ1v) is 6.88. The molecule has 3 N–H and O–H groups in total. The first kappa shape index (κ1) is 14.0. The Hall–Kier alpha value is -1.46. The molecular weight excluding hydrogens is 330 g/mol. The van der Waals surface area contributed by atoms with Crippen LogP contribution in [0.3, 0.4) is 0 Å². The zero-order valence-corrected chi connectivity index (χ0v) is 12.6. The van der Waals surface area contributed by atoms with Gasteiger partial charge in [0.25, 0.3) is 0 Å². The smallest absolute Gasteiger partial charge is 0.239 e. The molecule has 0 fully saturated rings. The lowest BCUT2D eigenvalue weighted by atomic mass is 10.3. The van der Waals surface area contributed by atoms with E-state index in [4.69, 9.17) is 22.1 Å². The summed E-state index contributed by atoms with van der Waals surface area (Å²) in [7, 11) is 0. The SMILES string of the molecule is CCOc1nc(Nc2ccc(Br)cc2Cl)ccc1N. The number of hydrogen-bond acceptors (Lipinski definition) is 4. The number of nitrogen functional groups attached to an aromatic ring is 1. The molecule has 1 aromatic carbocycles. The summed E-state index contributed by atoms with van der Waals surface area (Å²) in [6.45, 7) is 2.40. The van der Waals surface area contributed by atoms with E-state index in [2.05, 4.69) is 26.2 Å². The fraction of sp³-hybridized carbons (Fsp3) is 0.154. The number of benzene rings is 1. The third-order valence-corrected chi connectivity index (χ3v) is 3.17. The Morgan fingerprint density at radius 3 is 2.84 bits per heavy atom. The highest BCUT2D eigenvalue weighted by Crippen LogP contribution is 2.29. The Labute approximate surface area is 125 Å². The van der Waals surface area contributed by atoms with Crippen molar-refractivity contribution in [1.82, 2.24) is 4.98 Å². The van der Waals surface area contributed by atoms with Crippen molar-refractivity contribution >= 4 is 44.7 Å². The van der Waals surface area contributed by atoms with Gasteiger partial charge in [-0.15, -0.1) is 0 Å².